The molecular weight excluding hydrogens is 400 g/mol. The van der Waals surface area contributed by atoms with Gasteiger partial charge in [0.15, 0.2) is 0 Å². The van der Waals surface area contributed by atoms with Crippen molar-refractivity contribution in [1.82, 2.24) is 4.98 Å². The molecule has 5 nitrogen and oxygen atoms in total. The zero-order valence-corrected chi connectivity index (χ0v) is 15.4. The number of aromatic amines is 1. The Balaban J connectivity index is 2.08. The van der Waals surface area contributed by atoms with Crippen LogP contribution in [0.15, 0.2) is 46.1 Å². The van der Waals surface area contributed by atoms with E-state index in [2.05, 4.69) is 4.98 Å². The number of nitrogens with one attached hydrogen (secondary N) is 2. The molecule has 2 aromatic carbocycles. The lowest BCUT2D eigenvalue weighted by molar-refractivity contribution is -0.139. The first-order valence-electron chi connectivity index (χ1n) is 7.92. The Morgan fingerprint density at radius 2 is 1.68 bits per heavy atom. The molecule has 10 heteroatoms. The maximum absolute atomic E-state index is 13.4. The quantitative estimate of drug-likeness (QED) is 0.634. The molecule has 148 valence electrons. The fourth-order valence-electron chi connectivity index (χ4n) is 2.84. The van der Waals surface area contributed by atoms with Crippen molar-refractivity contribution in [2.24, 2.45) is 0 Å². The van der Waals surface area contributed by atoms with Crippen LogP contribution in [0, 0.1) is 19.7 Å². The molecular formula is C18H14F4N2O3S. The van der Waals surface area contributed by atoms with Crippen LogP contribution >= 0.6 is 0 Å². The molecule has 0 saturated carbocycles. The van der Waals surface area contributed by atoms with Gasteiger partial charge in [0.2, 0.25) is 5.56 Å². The molecule has 0 aliphatic carbocycles. The molecule has 1 aromatic heterocycles. The third kappa shape index (κ3) is 3.72. The summed E-state index contributed by atoms with van der Waals surface area (Å²) in [5.41, 5.74) is -0.868. The molecule has 0 spiro atoms. The molecule has 3 aromatic rings. The second kappa shape index (κ2) is 6.62. The summed E-state index contributed by atoms with van der Waals surface area (Å²) in [4.78, 5) is 14.0. The van der Waals surface area contributed by atoms with Crippen molar-refractivity contribution in [2.45, 2.75) is 24.9 Å². The first-order valence-corrected chi connectivity index (χ1v) is 9.40. The summed E-state index contributed by atoms with van der Waals surface area (Å²) in [7, 11) is -4.26. The van der Waals surface area contributed by atoms with E-state index in [0.717, 1.165) is 6.07 Å². The largest absolute Gasteiger partial charge is 0.419 e. The van der Waals surface area contributed by atoms with Crippen LogP contribution < -0.4 is 10.3 Å². The highest BCUT2D eigenvalue weighted by Gasteiger charge is 2.34. The molecule has 3 rings (SSSR count). The average molecular weight is 414 g/mol. The minimum Gasteiger partial charge on any atom is -0.322 e. The number of alkyl halides is 3. The van der Waals surface area contributed by atoms with Crippen LogP contribution in [0.4, 0.5) is 23.2 Å². The maximum atomic E-state index is 13.4. The number of aryl methyl sites for hydroxylation is 2. The zero-order valence-electron chi connectivity index (χ0n) is 14.6. The number of anilines is 1. The number of H-pyrrole nitrogens is 1. The normalized spacial score (nSPS) is 12.4. The van der Waals surface area contributed by atoms with E-state index in [4.69, 9.17) is 0 Å². The fraction of sp³-hybridized carbons (Fsp3) is 0.167. The molecule has 0 bridgehead atoms. The molecule has 2 N–H and O–H groups in total. The molecule has 0 unspecified atom stereocenters. The van der Waals surface area contributed by atoms with E-state index < -0.39 is 33.3 Å². The lowest BCUT2D eigenvalue weighted by Crippen LogP contribution is -2.15. The van der Waals surface area contributed by atoms with Crippen molar-refractivity contribution in [3.63, 3.8) is 0 Å². The number of rotatable bonds is 3. The number of fused-ring (bicyclic) bond motifs is 1. The van der Waals surface area contributed by atoms with Gasteiger partial charge in [0.25, 0.3) is 10.0 Å². The summed E-state index contributed by atoms with van der Waals surface area (Å²) in [5, 5.41) is 0.482. The second-order valence-electron chi connectivity index (χ2n) is 6.28. The predicted molar refractivity (Wildman–Crippen MR) is 96.3 cm³/mol. The number of sulfonamides is 1. The number of halogens is 4. The average Bonchev–Trinajstić information content (AvgIpc) is 2.56. The summed E-state index contributed by atoms with van der Waals surface area (Å²) in [6, 6.07) is 5.74. The van der Waals surface area contributed by atoms with Crippen LogP contribution in [0.25, 0.3) is 10.9 Å². The standard InChI is InChI=1S/C18H14F4N2O3S/c1-9-6-16(25)23-17-10(2)5-12(8-13(9)17)28(26,27)24-11-3-4-15(19)14(7-11)18(20,21)22/h3-8,24H,1-2H3,(H,23,25). The van der Waals surface area contributed by atoms with Crippen molar-refractivity contribution in [1.29, 1.82) is 0 Å². The molecule has 0 aliphatic rings. The Morgan fingerprint density at radius 1 is 1.00 bits per heavy atom. The summed E-state index contributed by atoms with van der Waals surface area (Å²) >= 11 is 0. The first kappa shape index (κ1) is 19.9. The van der Waals surface area contributed by atoms with E-state index >= 15 is 0 Å². The van der Waals surface area contributed by atoms with Gasteiger partial charge >= 0.3 is 6.18 Å². The smallest absolute Gasteiger partial charge is 0.322 e. The minimum absolute atomic E-state index is 0.203. The highest BCUT2D eigenvalue weighted by Crippen LogP contribution is 2.33. The van der Waals surface area contributed by atoms with Crippen molar-refractivity contribution < 1.29 is 26.0 Å². The van der Waals surface area contributed by atoms with Crippen LogP contribution in [0.5, 0.6) is 0 Å². The summed E-state index contributed by atoms with van der Waals surface area (Å²) in [6.07, 6.45) is -4.96. The van der Waals surface area contributed by atoms with Crippen LogP contribution in [0.3, 0.4) is 0 Å². The van der Waals surface area contributed by atoms with E-state index in [1.54, 1.807) is 13.8 Å². The monoisotopic (exact) mass is 414 g/mol. The van der Waals surface area contributed by atoms with E-state index in [1.165, 1.54) is 18.2 Å². The van der Waals surface area contributed by atoms with Crippen molar-refractivity contribution >= 4 is 26.6 Å². The van der Waals surface area contributed by atoms with E-state index in [1.807, 2.05) is 4.72 Å². The highest BCUT2D eigenvalue weighted by atomic mass is 32.2. The number of benzene rings is 2. The van der Waals surface area contributed by atoms with Gasteiger partial charge in [-0.05, 0) is 55.3 Å². The number of aromatic nitrogens is 1. The second-order valence-corrected chi connectivity index (χ2v) is 7.96. The van der Waals surface area contributed by atoms with Gasteiger partial charge in [-0.3, -0.25) is 9.52 Å². The van der Waals surface area contributed by atoms with E-state index in [-0.39, 0.29) is 10.5 Å². The van der Waals surface area contributed by atoms with Gasteiger partial charge in [0.1, 0.15) is 5.82 Å². The van der Waals surface area contributed by atoms with Crippen molar-refractivity contribution in [2.75, 3.05) is 4.72 Å². The van der Waals surface area contributed by atoms with E-state index in [0.29, 0.717) is 34.2 Å². The Kier molecular flexibility index (Phi) is 4.70. The molecule has 28 heavy (non-hydrogen) atoms. The Bertz CT molecular complexity index is 1250. The van der Waals surface area contributed by atoms with Gasteiger partial charge in [-0.15, -0.1) is 0 Å². The lowest BCUT2D eigenvalue weighted by atomic mass is 10.1. The SMILES string of the molecule is Cc1cc(=O)[nH]c2c(C)cc(S(=O)(=O)Nc3ccc(F)c(C(F)(F)F)c3)cc12. The Hall–Kier alpha value is -2.88. The highest BCUT2D eigenvalue weighted by molar-refractivity contribution is 7.92. The van der Waals surface area contributed by atoms with Crippen LogP contribution in [0.2, 0.25) is 0 Å². The molecule has 0 saturated heterocycles. The fourth-order valence-corrected chi connectivity index (χ4v) is 4.00. The van der Waals surface area contributed by atoms with Crippen molar-refractivity contribution in [3.05, 3.63) is 69.3 Å². The van der Waals surface area contributed by atoms with E-state index in [9.17, 15) is 30.8 Å². The summed E-state index contributed by atoms with van der Waals surface area (Å²) in [5.74, 6) is -1.50. The Labute approximate surface area is 157 Å². The minimum atomic E-state index is -4.96. The third-order valence-corrected chi connectivity index (χ3v) is 5.52. The number of pyridine rings is 1. The van der Waals surface area contributed by atoms with Crippen LogP contribution in [-0.4, -0.2) is 13.4 Å². The van der Waals surface area contributed by atoms with Gasteiger partial charge in [0, 0.05) is 17.1 Å². The molecule has 1 heterocycles. The van der Waals surface area contributed by atoms with Gasteiger partial charge in [-0.1, -0.05) is 0 Å². The molecule has 0 atom stereocenters. The van der Waals surface area contributed by atoms with Crippen LogP contribution in [-0.2, 0) is 16.2 Å². The lowest BCUT2D eigenvalue weighted by Gasteiger charge is -2.13. The van der Waals surface area contributed by atoms with Crippen LogP contribution in [0.1, 0.15) is 16.7 Å². The molecule has 0 fully saturated rings. The van der Waals surface area contributed by atoms with Gasteiger partial charge in [-0.25, -0.2) is 12.8 Å². The van der Waals surface area contributed by atoms with Gasteiger partial charge < -0.3 is 4.98 Å². The predicted octanol–water partition coefficient (Wildman–Crippen LogP) is 4.10. The third-order valence-electron chi connectivity index (χ3n) is 4.16. The number of hydrogen-bond acceptors (Lipinski definition) is 3. The molecule has 0 aliphatic heterocycles. The number of hydrogen-bond donors (Lipinski definition) is 2. The first-order chi connectivity index (χ1) is 12.9. The molecule has 0 amide bonds. The Morgan fingerprint density at radius 3 is 2.32 bits per heavy atom. The topological polar surface area (TPSA) is 79.0 Å². The zero-order chi connectivity index (χ0) is 20.9. The maximum Gasteiger partial charge on any atom is 0.419 e. The van der Waals surface area contributed by atoms with Gasteiger partial charge in [-0.2, -0.15) is 13.2 Å². The summed E-state index contributed by atoms with van der Waals surface area (Å²) in [6.45, 7) is 3.23. The van der Waals surface area contributed by atoms with Gasteiger partial charge in [0.05, 0.1) is 16.0 Å². The molecule has 0 radical (unpaired) electrons. The summed E-state index contributed by atoms with van der Waals surface area (Å²) < 4.78 is 79.3. The van der Waals surface area contributed by atoms with Crippen molar-refractivity contribution in [3.8, 4) is 0 Å².